The molecule has 2 rings (SSSR count). The normalized spacial score (nSPS) is 33.5. The van der Waals surface area contributed by atoms with Crippen molar-refractivity contribution in [1.29, 1.82) is 0 Å². The van der Waals surface area contributed by atoms with Crippen molar-refractivity contribution < 1.29 is 9.84 Å². The lowest BCUT2D eigenvalue weighted by Gasteiger charge is -2.15. The van der Waals surface area contributed by atoms with Crippen molar-refractivity contribution in [3.63, 3.8) is 0 Å². The number of hydrogen-bond acceptors (Lipinski definition) is 2. The second kappa shape index (κ2) is 3.48. The summed E-state index contributed by atoms with van der Waals surface area (Å²) in [6.45, 7) is 4.30. The zero-order valence-corrected chi connectivity index (χ0v) is 7.39. The number of ether oxygens (including phenoxy) is 1. The summed E-state index contributed by atoms with van der Waals surface area (Å²) in [6.07, 6.45) is -0.471. The Hall–Kier alpha value is -0.860. The zero-order valence-electron chi connectivity index (χ0n) is 7.39. The Balaban J connectivity index is 2.19. The second-order valence-corrected chi connectivity index (χ2v) is 3.40. The monoisotopic (exact) mass is 177 g/mol. The molecule has 2 nitrogen and oxygen atoms in total. The summed E-state index contributed by atoms with van der Waals surface area (Å²) in [5.74, 6) is -0.0533. The molecule has 0 saturated carbocycles. The molecule has 0 unspecified atom stereocenters. The largest absolute Gasteiger partial charge is 0.390 e. The van der Waals surface area contributed by atoms with Crippen molar-refractivity contribution in [2.75, 3.05) is 6.61 Å². The van der Waals surface area contributed by atoms with E-state index in [-0.39, 0.29) is 12.0 Å². The Bertz CT molecular complexity index is 271. The lowest BCUT2D eigenvalue weighted by molar-refractivity contribution is 0.0875. The smallest absolute Gasteiger partial charge is 0.0879 e. The zero-order chi connectivity index (χ0) is 9.26. The van der Waals surface area contributed by atoms with Gasteiger partial charge >= 0.3 is 0 Å². The quantitative estimate of drug-likeness (QED) is 0.705. The Morgan fingerprint density at radius 2 is 2.00 bits per heavy atom. The molecule has 1 aliphatic rings. The maximum Gasteiger partial charge on any atom is 0.0879 e. The summed E-state index contributed by atoms with van der Waals surface area (Å²) in [4.78, 5) is 0. The molecule has 0 aliphatic carbocycles. The van der Waals surface area contributed by atoms with E-state index in [1.165, 1.54) is 0 Å². The van der Waals surface area contributed by atoms with E-state index in [0.717, 1.165) is 5.56 Å². The van der Waals surface area contributed by atoms with Gasteiger partial charge in [-0.15, -0.1) is 0 Å². The number of benzene rings is 1. The van der Waals surface area contributed by atoms with E-state index in [1.807, 2.05) is 30.3 Å². The summed E-state index contributed by atoms with van der Waals surface area (Å²) in [6, 6.07) is 9.90. The van der Waals surface area contributed by atoms with Crippen molar-refractivity contribution in [1.82, 2.24) is 0 Å². The van der Waals surface area contributed by atoms with Gasteiger partial charge in [-0.1, -0.05) is 30.3 Å². The molecular weight excluding hydrogens is 164 g/mol. The molecule has 13 heavy (non-hydrogen) atoms. The van der Waals surface area contributed by atoms with Crippen molar-refractivity contribution in [2.24, 2.45) is 5.92 Å². The molecule has 0 amide bonds. The minimum Gasteiger partial charge on any atom is -0.390 e. The van der Waals surface area contributed by atoms with Gasteiger partial charge in [0.05, 0.1) is 18.8 Å². The van der Waals surface area contributed by atoms with E-state index in [0.29, 0.717) is 6.61 Å². The molecule has 1 N–H and O–H groups in total. The molecule has 0 aromatic heterocycles. The average Bonchev–Trinajstić information content (AvgIpc) is 2.49. The third-order valence-corrected chi connectivity index (χ3v) is 2.46. The average molecular weight is 177 g/mol. The maximum atomic E-state index is 9.44. The van der Waals surface area contributed by atoms with Crippen molar-refractivity contribution >= 4 is 0 Å². The van der Waals surface area contributed by atoms with Gasteiger partial charge < -0.3 is 9.84 Å². The minimum absolute atomic E-state index is 0.0452. The molecule has 0 spiro atoms. The van der Waals surface area contributed by atoms with Crippen LogP contribution in [0.3, 0.4) is 0 Å². The molecule has 69 valence electrons. The first-order valence-electron chi connectivity index (χ1n) is 4.47. The summed E-state index contributed by atoms with van der Waals surface area (Å²) < 4.78 is 5.45. The first kappa shape index (κ1) is 8.73. The highest BCUT2D eigenvalue weighted by molar-refractivity contribution is 5.20. The molecular formula is C11H13O2. The van der Waals surface area contributed by atoms with E-state index in [2.05, 4.69) is 6.92 Å². The highest BCUT2D eigenvalue weighted by atomic mass is 16.5. The van der Waals surface area contributed by atoms with Gasteiger partial charge in [-0.2, -0.15) is 0 Å². The standard InChI is InChI=1S/C11H13O2/c1-8-10(12)7-13-11(8)9-5-3-2-4-6-9/h2-6,8,10-12H,1,7H2/t8-,10+,11-/m1/s1. The van der Waals surface area contributed by atoms with Crippen LogP contribution in [0.4, 0.5) is 0 Å². The second-order valence-electron chi connectivity index (χ2n) is 3.40. The fourth-order valence-electron chi connectivity index (χ4n) is 1.64. The van der Waals surface area contributed by atoms with Crippen LogP contribution in [0.5, 0.6) is 0 Å². The van der Waals surface area contributed by atoms with Crippen molar-refractivity contribution in [2.45, 2.75) is 12.2 Å². The third kappa shape index (κ3) is 1.60. The molecule has 2 heteroatoms. The first-order chi connectivity index (χ1) is 6.29. The Morgan fingerprint density at radius 3 is 2.54 bits per heavy atom. The van der Waals surface area contributed by atoms with Gasteiger partial charge in [-0.3, -0.25) is 0 Å². The SMILES string of the molecule is [CH2][C@@H]1[C@@H](O)CO[C@H]1c1ccccc1. The van der Waals surface area contributed by atoms with Gasteiger partial charge in [0.25, 0.3) is 0 Å². The fraction of sp³-hybridized carbons (Fsp3) is 0.364. The van der Waals surface area contributed by atoms with E-state index in [4.69, 9.17) is 4.74 Å². The van der Waals surface area contributed by atoms with Gasteiger partial charge in [0, 0.05) is 5.92 Å². The predicted octanol–water partition coefficient (Wildman–Crippen LogP) is 1.57. The van der Waals surface area contributed by atoms with Crippen LogP contribution in [-0.2, 0) is 4.74 Å². The van der Waals surface area contributed by atoms with Gasteiger partial charge in [-0.25, -0.2) is 0 Å². The van der Waals surface area contributed by atoms with Crippen molar-refractivity contribution in [3.8, 4) is 0 Å². The van der Waals surface area contributed by atoms with Crippen LogP contribution >= 0.6 is 0 Å². The molecule has 1 heterocycles. The molecule has 1 aromatic rings. The molecule has 1 aromatic carbocycles. The molecule has 0 bridgehead atoms. The minimum atomic E-state index is -0.426. The highest BCUT2D eigenvalue weighted by Crippen LogP contribution is 2.33. The number of hydrogen-bond donors (Lipinski definition) is 1. The van der Waals surface area contributed by atoms with Crippen LogP contribution in [0.2, 0.25) is 0 Å². The van der Waals surface area contributed by atoms with Crippen molar-refractivity contribution in [3.05, 3.63) is 42.8 Å². The first-order valence-corrected chi connectivity index (χ1v) is 4.47. The van der Waals surface area contributed by atoms with Gasteiger partial charge in [0.2, 0.25) is 0 Å². The third-order valence-electron chi connectivity index (χ3n) is 2.46. The summed E-state index contributed by atoms with van der Waals surface area (Å²) in [5.41, 5.74) is 1.10. The number of aliphatic hydroxyl groups excluding tert-OH is 1. The summed E-state index contributed by atoms with van der Waals surface area (Å²) in [7, 11) is 0. The molecule has 1 aliphatic heterocycles. The van der Waals surface area contributed by atoms with Crippen LogP contribution in [-0.4, -0.2) is 17.8 Å². The topological polar surface area (TPSA) is 29.5 Å². The molecule has 1 saturated heterocycles. The van der Waals surface area contributed by atoms with E-state index in [1.54, 1.807) is 0 Å². The molecule has 3 atom stereocenters. The Morgan fingerprint density at radius 1 is 1.31 bits per heavy atom. The molecule has 1 fully saturated rings. The van der Waals surface area contributed by atoms with Crippen LogP contribution in [0, 0.1) is 12.8 Å². The van der Waals surface area contributed by atoms with E-state index >= 15 is 0 Å². The Labute approximate surface area is 78.2 Å². The molecule has 1 radical (unpaired) electrons. The summed E-state index contributed by atoms with van der Waals surface area (Å²) in [5, 5.41) is 9.44. The van der Waals surface area contributed by atoms with Crippen LogP contribution < -0.4 is 0 Å². The number of rotatable bonds is 1. The van der Waals surface area contributed by atoms with Gasteiger partial charge in [0.1, 0.15) is 0 Å². The Kier molecular flexibility index (Phi) is 2.34. The summed E-state index contributed by atoms with van der Waals surface area (Å²) >= 11 is 0. The number of aliphatic hydroxyl groups is 1. The van der Waals surface area contributed by atoms with Gasteiger partial charge in [0.15, 0.2) is 0 Å². The lowest BCUT2D eigenvalue weighted by Crippen LogP contribution is -2.16. The van der Waals surface area contributed by atoms with Crippen LogP contribution in [0.25, 0.3) is 0 Å². The van der Waals surface area contributed by atoms with Gasteiger partial charge in [-0.05, 0) is 12.5 Å². The van der Waals surface area contributed by atoms with Crippen LogP contribution in [0.1, 0.15) is 11.7 Å². The van der Waals surface area contributed by atoms with Crippen LogP contribution in [0.15, 0.2) is 30.3 Å². The highest BCUT2D eigenvalue weighted by Gasteiger charge is 2.33. The maximum absolute atomic E-state index is 9.44. The lowest BCUT2D eigenvalue weighted by atomic mass is 9.96. The van der Waals surface area contributed by atoms with E-state index in [9.17, 15) is 5.11 Å². The predicted molar refractivity (Wildman–Crippen MR) is 50.0 cm³/mol. The van der Waals surface area contributed by atoms with E-state index < -0.39 is 6.10 Å². The fourth-order valence-corrected chi connectivity index (χ4v) is 1.64.